The Balaban J connectivity index is 2.41. The van der Waals surface area contributed by atoms with Crippen LogP contribution in [0, 0.1) is 0 Å². The van der Waals surface area contributed by atoms with E-state index in [9.17, 15) is 8.42 Å². The Labute approximate surface area is 117 Å². The molecule has 2 N–H and O–H groups in total. The molecule has 0 heterocycles. The highest BCUT2D eigenvalue weighted by atomic mass is 35.5. The molecule has 7 heteroatoms. The van der Waals surface area contributed by atoms with E-state index >= 15 is 0 Å². The van der Waals surface area contributed by atoms with Gasteiger partial charge in [-0.25, -0.2) is 13.1 Å². The first-order chi connectivity index (χ1) is 8.45. The Morgan fingerprint density at radius 3 is 2.56 bits per heavy atom. The molecule has 1 aromatic carbocycles. The minimum atomic E-state index is -3.55. The third kappa shape index (κ3) is 2.97. The molecule has 0 amide bonds. The molecule has 0 spiro atoms. The monoisotopic (exact) mass is 308 g/mol. The number of rotatable bonds is 5. The van der Waals surface area contributed by atoms with Crippen LogP contribution in [0.4, 0.5) is 0 Å². The maximum absolute atomic E-state index is 12.1. The van der Waals surface area contributed by atoms with E-state index in [1.807, 2.05) is 0 Å². The lowest BCUT2D eigenvalue weighted by atomic mass is 10.2. The van der Waals surface area contributed by atoms with Gasteiger partial charge in [-0.05, 0) is 32.0 Å². The fourth-order valence-corrected chi connectivity index (χ4v) is 3.82. The lowest BCUT2D eigenvalue weighted by Crippen LogP contribution is -2.26. The number of hydrogen-bond donors (Lipinski definition) is 2. The first kappa shape index (κ1) is 14.1. The van der Waals surface area contributed by atoms with Crippen molar-refractivity contribution in [2.75, 3.05) is 7.05 Å². The van der Waals surface area contributed by atoms with Gasteiger partial charge in [-0.15, -0.1) is 0 Å². The summed E-state index contributed by atoms with van der Waals surface area (Å²) in [7, 11) is -1.81. The molecule has 4 nitrogen and oxygen atoms in total. The average molecular weight is 309 g/mol. The maximum atomic E-state index is 12.1. The van der Waals surface area contributed by atoms with Gasteiger partial charge in [0.05, 0.1) is 5.02 Å². The maximum Gasteiger partial charge on any atom is 0.242 e. The summed E-state index contributed by atoms with van der Waals surface area (Å²) in [6.45, 7) is 0.421. The van der Waals surface area contributed by atoms with E-state index in [0.29, 0.717) is 17.1 Å². The molecule has 0 radical (unpaired) electrons. The van der Waals surface area contributed by atoms with Crippen LogP contribution in [0.1, 0.15) is 18.4 Å². The molecule has 2 rings (SSSR count). The molecule has 0 saturated heterocycles. The fourth-order valence-electron chi connectivity index (χ4n) is 1.61. The lowest BCUT2D eigenvalue weighted by molar-refractivity contribution is 0.581. The number of benzene rings is 1. The van der Waals surface area contributed by atoms with Crippen LogP contribution >= 0.6 is 23.2 Å². The summed E-state index contributed by atoms with van der Waals surface area (Å²) in [6.07, 6.45) is 1.77. The molecule has 0 bridgehead atoms. The summed E-state index contributed by atoms with van der Waals surface area (Å²) in [5, 5.41) is 3.56. The van der Waals surface area contributed by atoms with E-state index < -0.39 is 10.0 Å². The third-order valence-electron chi connectivity index (χ3n) is 2.69. The summed E-state index contributed by atoms with van der Waals surface area (Å²) >= 11 is 12.1. The van der Waals surface area contributed by atoms with E-state index in [-0.39, 0.29) is 16.0 Å². The van der Waals surface area contributed by atoms with E-state index in [0.717, 1.165) is 12.8 Å². The van der Waals surface area contributed by atoms with Crippen LogP contribution in [0.25, 0.3) is 0 Å². The van der Waals surface area contributed by atoms with Crippen molar-refractivity contribution in [1.29, 1.82) is 0 Å². The van der Waals surface area contributed by atoms with Crippen molar-refractivity contribution in [2.24, 2.45) is 0 Å². The second-order valence-corrected chi connectivity index (χ2v) is 6.73. The van der Waals surface area contributed by atoms with E-state index in [1.54, 1.807) is 13.1 Å². The Morgan fingerprint density at radius 2 is 2.00 bits per heavy atom. The normalized spacial score (nSPS) is 15.9. The standard InChI is InChI=1S/C11H14Cl2N2O2S/c1-14-6-8-9(12)4-5-10(11(8)13)18(16,17)15-7-2-3-7/h4-5,7,14-15H,2-3,6H2,1H3. The van der Waals surface area contributed by atoms with Crippen molar-refractivity contribution in [3.05, 3.63) is 27.7 Å². The SMILES string of the molecule is CNCc1c(Cl)ccc(S(=O)(=O)NC2CC2)c1Cl. The molecule has 18 heavy (non-hydrogen) atoms. The van der Waals surface area contributed by atoms with Gasteiger partial charge in [-0.1, -0.05) is 23.2 Å². The first-order valence-corrected chi connectivity index (χ1v) is 7.83. The molecule has 1 saturated carbocycles. The number of sulfonamides is 1. The van der Waals surface area contributed by atoms with Crippen LogP contribution in [0.2, 0.25) is 10.0 Å². The minimum Gasteiger partial charge on any atom is -0.316 e. The second-order valence-electron chi connectivity index (χ2n) is 4.26. The van der Waals surface area contributed by atoms with Gasteiger partial charge in [-0.2, -0.15) is 0 Å². The van der Waals surface area contributed by atoms with Crippen LogP contribution in [0.3, 0.4) is 0 Å². The molecule has 1 fully saturated rings. The topological polar surface area (TPSA) is 58.2 Å². The Bertz CT molecular complexity index is 556. The van der Waals surface area contributed by atoms with Crippen LogP contribution in [-0.4, -0.2) is 21.5 Å². The van der Waals surface area contributed by atoms with Gasteiger partial charge in [0.25, 0.3) is 0 Å². The molecule has 1 aliphatic carbocycles. The van der Waals surface area contributed by atoms with Gasteiger partial charge in [0.15, 0.2) is 0 Å². The molecule has 0 aliphatic heterocycles. The molecule has 1 aliphatic rings. The zero-order valence-corrected chi connectivity index (χ0v) is 12.2. The quantitative estimate of drug-likeness (QED) is 0.876. The van der Waals surface area contributed by atoms with Crippen molar-refractivity contribution < 1.29 is 8.42 Å². The number of halogens is 2. The van der Waals surface area contributed by atoms with Crippen molar-refractivity contribution >= 4 is 33.2 Å². The molecular formula is C11H14Cl2N2O2S. The predicted molar refractivity (Wildman–Crippen MR) is 72.6 cm³/mol. The van der Waals surface area contributed by atoms with Gasteiger partial charge in [0.2, 0.25) is 10.0 Å². The third-order valence-corrected chi connectivity index (χ3v) is 5.15. The molecule has 0 atom stereocenters. The zero-order valence-electron chi connectivity index (χ0n) is 9.83. The van der Waals surface area contributed by atoms with Crippen LogP contribution < -0.4 is 10.0 Å². The number of hydrogen-bond acceptors (Lipinski definition) is 3. The van der Waals surface area contributed by atoms with Crippen molar-refractivity contribution in [3.63, 3.8) is 0 Å². The zero-order chi connectivity index (χ0) is 13.3. The van der Waals surface area contributed by atoms with Gasteiger partial charge >= 0.3 is 0 Å². The van der Waals surface area contributed by atoms with Crippen LogP contribution in [-0.2, 0) is 16.6 Å². The van der Waals surface area contributed by atoms with Gasteiger partial charge in [0, 0.05) is 23.2 Å². The number of nitrogens with one attached hydrogen (secondary N) is 2. The van der Waals surface area contributed by atoms with Gasteiger partial charge < -0.3 is 5.32 Å². The summed E-state index contributed by atoms with van der Waals surface area (Å²) < 4.78 is 26.8. The van der Waals surface area contributed by atoms with E-state index in [4.69, 9.17) is 23.2 Å². The van der Waals surface area contributed by atoms with E-state index in [1.165, 1.54) is 6.07 Å². The highest BCUT2D eigenvalue weighted by Crippen LogP contribution is 2.32. The summed E-state index contributed by atoms with van der Waals surface area (Å²) in [5.74, 6) is 0. The highest BCUT2D eigenvalue weighted by molar-refractivity contribution is 7.89. The van der Waals surface area contributed by atoms with Crippen molar-refractivity contribution in [2.45, 2.75) is 30.3 Å². The minimum absolute atomic E-state index is 0.0505. The Morgan fingerprint density at radius 1 is 1.33 bits per heavy atom. The lowest BCUT2D eigenvalue weighted by Gasteiger charge is -2.12. The largest absolute Gasteiger partial charge is 0.316 e. The predicted octanol–water partition coefficient (Wildman–Crippen LogP) is 2.15. The Hall–Kier alpha value is -0.330. The second kappa shape index (κ2) is 5.35. The van der Waals surface area contributed by atoms with Crippen LogP contribution in [0.5, 0.6) is 0 Å². The summed E-state index contributed by atoms with van der Waals surface area (Å²) in [6, 6.07) is 3.05. The van der Waals surface area contributed by atoms with Crippen molar-refractivity contribution in [3.8, 4) is 0 Å². The van der Waals surface area contributed by atoms with E-state index in [2.05, 4.69) is 10.0 Å². The average Bonchev–Trinajstić information content (AvgIpc) is 3.06. The first-order valence-electron chi connectivity index (χ1n) is 5.59. The van der Waals surface area contributed by atoms with Gasteiger partial charge in [0.1, 0.15) is 4.90 Å². The molecule has 1 aromatic rings. The smallest absolute Gasteiger partial charge is 0.242 e. The molecule has 0 unspecified atom stereocenters. The summed E-state index contributed by atoms with van der Waals surface area (Å²) in [5.41, 5.74) is 0.597. The molecular weight excluding hydrogens is 295 g/mol. The fraction of sp³-hybridized carbons (Fsp3) is 0.455. The highest BCUT2D eigenvalue weighted by Gasteiger charge is 2.30. The molecule has 100 valence electrons. The molecule has 0 aromatic heterocycles. The van der Waals surface area contributed by atoms with Crippen molar-refractivity contribution in [1.82, 2.24) is 10.0 Å². The van der Waals surface area contributed by atoms with Crippen LogP contribution in [0.15, 0.2) is 17.0 Å². The Kier molecular flexibility index (Phi) is 4.18. The summed E-state index contributed by atoms with van der Waals surface area (Å²) in [4.78, 5) is 0.0886. The van der Waals surface area contributed by atoms with Gasteiger partial charge in [-0.3, -0.25) is 0 Å².